The summed E-state index contributed by atoms with van der Waals surface area (Å²) in [6.45, 7) is 4.13. The molecule has 0 aromatic carbocycles. The highest BCUT2D eigenvalue weighted by Crippen LogP contribution is 2.21. The van der Waals surface area contributed by atoms with E-state index in [1.54, 1.807) is 0 Å². The first kappa shape index (κ1) is 7.15. The molecule has 4 heteroatoms. The van der Waals surface area contributed by atoms with Crippen molar-refractivity contribution >= 4 is 27.2 Å². The SMILES string of the molecule is Cc1nc2n(c1C)C=CN=I2. The van der Waals surface area contributed by atoms with Crippen LogP contribution < -0.4 is 0 Å². The lowest BCUT2D eigenvalue weighted by Gasteiger charge is -2.00. The summed E-state index contributed by atoms with van der Waals surface area (Å²) >= 11 is -0.211. The standard InChI is InChI=1S/C7H8IN3/c1-5-6(2)11-4-3-9-8-7(11)10-5/h3-4H,1-2H3. The monoisotopic (exact) mass is 261 g/mol. The number of imidazole rings is 1. The molecule has 0 saturated heterocycles. The molecular formula is C7H8IN3. The van der Waals surface area contributed by atoms with Crippen molar-refractivity contribution in [2.45, 2.75) is 13.8 Å². The molecule has 2 rings (SSSR count). The van der Waals surface area contributed by atoms with Crippen LogP contribution in [0.1, 0.15) is 11.4 Å². The summed E-state index contributed by atoms with van der Waals surface area (Å²) in [6, 6.07) is 0. The first-order valence-corrected chi connectivity index (χ1v) is 5.40. The average molecular weight is 261 g/mol. The van der Waals surface area contributed by atoms with Gasteiger partial charge in [-0.1, -0.05) is 0 Å². The molecule has 0 saturated carbocycles. The highest BCUT2D eigenvalue weighted by Gasteiger charge is 2.08. The van der Waals surface area contributed by atoms with Crippen LogP contribution >= 0.6 is 21.0 Å². The van der Waals surface area contributed by atoms with Gasteiger partial charge in [-0.2, -0.15) is 0 Å². The molecule has 58 valence electrons. The Balaban J connectivity index is 2.71. The fourth-order valence-electron chi connectivity index (χ4n) is 0.982. The molecule has 1 aromatic heterocycles. The van der Waals surface area contributed by atoms with Crippen molar-refractivity contribution in [1.29, 1.82) is 0 Å². The molecule has 0 unspecified atom stereocenters. The Morgan fingerprint density at radius 1 is 1.45 bits per heavy atom. The predicted octanol–water partition coefficient (Wildman–Crippen LogP) is 2.27. The number of rotatable bonds is 0. The lowest BCUT2D eigenvalue weighted by molar-refractivity contribution is 1.02. The Kier molecular flexibility index (Phi) is 1.63. The minimum Gasteiger partial charge on any atom is -0.297 e. The third kappa shape index (κ3) is 1.05. The normalized spacial score (nSPS) is 14.4. The zero-order valence-corrected chi connectivity index (χ0v) is 8.53. The van der Waals surface area contributed by atoms with Crippen LogP contribution in [0.3, 0.4) is 0 Å². The van der Waals surface area contributed by atoms with Gasteiger partial charge in [-0.25, -0.2) is 8.13 Å². The Bertz CT molecular complexity index is 349. The summed E-state index contributed by atoms with van der Waals surface area (Å²) in [5, 5.41) is 0. The maximum atomic E-state index is 4.42. The van der Waals surface area contributed by atoms with E-state index in [1.165, 1.54) is 5.69 Å². The molecular weight excluding hydrogens is 253 g/mol. The van der Waals surface area contributed by atoms with Gasteiger partial charge in [0.15, 0.2) is 3.83 Å². The zero-order chi connectivity index (χ0) is 7.84. The number of hydrogen-bond acceptors (Lipinski definition) is 2. The second kappa shape index (κ2) is 2.51. The van der Waals surface area contributed by atoms with E-state index in [4.69, 9.17) is 0 Å². The highest BCUT2D eigenvalue weighted by atomic mass is 127. The first-order valence-electron chi connectivity index (χ1n) is 3.35. The summed E-state index contributed by atoms with van der Waals surface area (Å²) < 4.78 is 7.51. The van der Waals surface area contributed by atoms with Gasteiger partial charge in [0.2, 0.25) is 0 Å². The van der Waals surface area contributed by atoms with Crippen LogP contribution in [0.2, 0.25) is 0 Å². The number of halogens is 1. The van der Waals surface area contributed by atoms with Gasteiger partial charge >= 0.3 is 0 Å². The van der Waals surface area contributed by atoms with Crippen LogP contribution in [-0.4, -0.2) is 9.55 Å². The summed E-state index contributed by atoms with van der Waals surface area (Å²) in [4.78, 5) is 4.42. The van der Waals surface area contributed by atoms with Crippen LogP contribution in [-0.2, 0) is 0 Å². The molecule has 1 aromatic rings. The van der Waals surface area contributed by atoms with Crippen molar-refractivity contribution in [3.63, 3.8) is 0 Å². The van der Waals surface area contributed by atoms with Crippen LogP contribution in [0.15, 0.2) is 9.35 Å². The minimum atomic E-state index is -0.211. The van der Waals surface area contributed by atoms with Gasteiger partial charge in [-0.3, -0.25) is 4.57 Å². The predicted molar refractivity (Wildman–Crippen MR) is 52.2 cm³/mol. The van der Waals surface area contributed by atoms with Crippen molar-refractivity contribution in [3.8, 4) is 0 Å². The van der Waals surface area contributed by atoms with Crippen LogP contribution in [0.25, 0.3) is 6.20 Å². The smallest absolute Gasteiger partial charge is 0.189 e. The van der Waals surface area contributed by atoms with E-state index in [-0.39, 0.29) is 21.0 Å². The van der Waals surface area contributed by atoms with E-state index >= 15 is 0 Å². The van der Waals surface area contributed by atoms with Crippen LogP contribution in [0.5, 0.6) is 0 Å². The van der Waals surface area contributed by atoms with E-state index in [9.17, 15) is 0 Å². The van der Waals surface area contributed by atoms with E-state index < -0.39 is 0 Å². The second-order valence-electron chi connectivity index (χ2n) is 2.40. The molecule has 0 atom stereocenters. The Labute approximate surface area is 75.3 Å². The van der Waals surface area contributed by atoms with E-state index in [2.05, 4.69) is 19.6 Å². The summed E-state index contributed by atoms with van der Waals surface area (Å²) in [5.41, 5.74) is 2.37. The van der Waals surface area contributed by atoms with Crippen LogP contribution in [0.4, 0.5) is 0 Å². The number of aromatic nitrogens is 2. The molecule has 1 aliphatic rings. The first-order chi connectivity index (χ1) is 5.29. The zero-order valence-electron chi connectivity index (χ0n) is 6.37. The van der Waals surface area contributed by atoms with E-state index in [1.807, 2.05) is 19.3 Å². The average Bonchev–Trinajstić information content (AvgIpc) is 2.30. The highest BCUT2D eigenvalue weighted by molar-refractivity contribution is 14.2. The Morgan fingerprint density at radius 2 is 2.27 bits per heavy atom. The number of aryl methyl sites for hydroxylation is 1. The van der Waals surface area contributed by atoms with Gasteiger partial charge in [-0.05, 0) is 13.8 Å². The molecule has 0 N–H and O–H groups in total. The fourth-order valence-corrected chi connectivity index (χ4v) is 2.76. The molecule has 0 amide bonds. The Morgan fingerprint density at radius 3 is 3.00 bits per heavy atom. The molecule has 0 fully saturated rings. The van der Waals surface area contributed by atoms with Crippen molar-refractivity contribution in [1.82, 2.24) is 9.55 Å². The summed E-state index contributed by atoms with van der Waals surface area (Å²) in [7, 11) is 0. The molecule has 11 heavy (non-hydrogen) atoms. The van der Waals surface area contributed by atoms with Gasteiger partial charge in [0.25, 0.3) is 0 Å². The number of hydrogen-bond donors (Lipinski definition) is 0. The quantitative estimate of drug-likeness (QED) is 0.659. The van der Waals surface area contributed by atoms with Gasteiger partial charge in [0.1, 0.15) is 0 Å². The topological polar surface area (TPSA) is 30.2 Å². The number of fused-ring (bicyclic) bond motifs is 1. The maximum Gasteiger partial charge on any atom is 0.189 e. The molecule has 3 nitrogen and oxygen atoms in total. The largest absolute Gasteiger partial charge is 0.297 e. The molecule has 2 heterocycles. The molecule has 0 spiro atoms. The van der Waals surface area contributed by atoms with Gasteiger partial charge in [-0.15, -0.1) is 0 Å². The van der Waals surface area contributed by atoms with Crippen molar-refractivity contribution in [2.75, 3.05) is 0 Å². The summed E-state index contributed by atoms with van der Waals surface area (Å²) in [6.07, 6.45) is 3.85. The second-order valence-corrected chi connectivity index (χ2v) is 4.41. The van der Waals surface area contributed by atoms with E-state index in [0.717, 1.165) is 9.53 Å². The minimum absolute atomic E-state index is 0.211. The van der Waals surface area contributed by atoms with Gasteiger partial charge in [0, 0.05) is 18.1 Å². The fraction of sp³-hybridized carbons (Fsp3) is 0.286. The van der Waals surface area contributed by atoms with E-state index in [0.29, 0.717) is 0 Å². The Hall–Kier alpha value is -0.520. The van der Waals surface area contributed by atoms with Crippen LogP contribution in [0, 0.1) is 17.7 Å². The lowest BCUT2D eigenvalue weighted by atomic mass is 10.4. The molecule has 0 radical (unpaired) electrons. The number of nitrogens with zero attached hydrogens (tertiary/aromatic N) is 3. The molecule has 1 aliphatic heterocycles. The maximum absolute atomic E-state index is 4.42. The van der Waals surface area contributed by atoms with Gasteiger partial charge < -0.3 is 0 Å². The third-order valence-corrected chi connectivity index (χ3v) is 3.53. The lowest BCUT2D eigenvalue weighted by Crippen LogP contribution is -1.94. The summed E-state index contributed by atoms with van der Waals surface area (Å²) in [5.74, 6) is 0. The molecule has 0 bridgehead atoms. The molecule has 0 aliphatic carbocycles. The van der Waals surface area contributed by atoms with Crippen molar-refractivity contribution in [3.05, 3.63) is 21.4 Å². The third-order valence-electron chi connectivity index (χ3n) is 1.74. The van der Waals surface area contributed by atoms with Crippen molar-refractivity contribution in [2.24, 2.45) is 3.15 Å². The van der Waals surface area contributed by atoms with Gasteiger partial charge in [0.05, 0.1) is 26.7 Å². The van der Waals surface area contributed by atoms with Crippen molar-refractivity contribution < 1.29 is 0 Å².